The Balaban J connectivity index is 1.10. The highest BCUT2D eigenvalue weighted by Crippen LogP contribution is 2.45. The van der Waals surface area contributed by atoms with Crippen molar-refractivity contribution in [2.45, 2.75) is 0 Å². The van der Waals surface area contributed by atoms with Crippen LogP contribution in [0.25, 0.3) is 109 Å². The zero-order chi connectivity index (χ0) is 34.2. The molecule has 0 bridgehead atoms. The molecule has 52 heavy (non-hydrogen) atoms. The van der Waals surface area contributed by atoms with E-state index in [1.54, 1.807) is 0 Å². The third kappa shape index (κ3) is 4.41. The lowest BCUT2D eigenvalue weighted by Crippen LogP contribution is -1.91. The Labute approximate surface area is 301 Å². The van der Waals surface area contributed by atoms with Crippen molar-refractivity contribution >= 4 is 75.4 Å². The quantitative estimate of drug-likeness (QED) is 0.131. The molecule has 11 rings (SSSR count). The summed E-state index contributed by atoms with van der Waals surface area (Å²) in [6.07, 6.45) is 0. The third-order valence-electron chi connectivity index (χ3n) is 11.2. The standard InChI is InChI=1S/C52H32/c1-3-13-41-33(11-1)21-22-34-23-27-40(32-49(34)41)52-47-19-9-7-17-45(47)51(46-18-8-10-20-48(46)52)39-28-25-35-29-38(26-24-36(35)30-39)50-31-37-12-2-4-14-42(37)43-15-5-6-16-44(43)50/h1-32H. The SMILES string of the molecule is c1ccc2c(c1)ccc1ccc(-c3c4ccccc4c(-c4ccc5cc(-c6cc7ccccc7c7ccccc67)ccc5c4)c4ccccc34)cc12. The average molecular weight is 657 g/mol. The lowest BCUT2D eigenvalue weighted by Gasteiger charge is -2.18. The molecule has 11 aromatic carbocycles. The maximum absolute atomic E-state index is 2.40. The minimum absolute atomic E-state index is 1.24. The third-order valence-corrected chi connectivity index (χ3v) is 11.2. The number of benzene rings is 11. The molecule has 11 aromatic rings. The minimum Gasteiger partial charge on any atom is -0.0616 e. The van der Waals surface area contributed by atoms with Gasteiger partial charge in [-0.05, 0) is 133 Å². The highest BCUT2D eigenvalue weighted by molar-refractivity contribution is 6.23. The fourth-order valence-electron chi connectivity index (χ4n) is 8.77. The summed E-state index contributed by atoms with van der Waals surface area (Å²) >= 11 is 0. The molecule has 0 amide bonds. The van der Waals surface area contributed by atoms with E-state index in [0.29, 0.717) is 0 Å². The molecule has 0 aromatic heterocycles. The molecule has 0 aliphatic heterocycles. The number of fused-ring (bicyclic) bond motifs is 9. The minimum atomic E-state index is 1.24. The smallest absolute Gasteiger partial charge is 0.00261 e. The van der Waals surface area contributed by atoms with Crippen LogP contribution >= 0.6 is 0 Å². The largest absolute Gasteiger partial charge is 0.0616 e. The van der Waals surface area contributed by atoms with Crippen LogP contribution < -0.4 is 0 Å². The molecule has 0 heteroatoms. The fraction of sp³-hybridized carbons (Fsp3) is 0. The normalized spacial score (nSPS) is 11.8. The Morgan fingerprint density at radius 3 is 1.19 bits per heavy atom. The van der Waals surface area contributed by atoms with E-state index in [1.165, 1.54) is 109 Å². The van der Waals surface area contributed by atoms with Crippen molar-refractivity contribution in [2.24, 2.45) is 0 Å². The summed E-state index contributed by atoms with van der Waals surface area (Å²) < 4.78 is 0. The van der Waals surface area contributed by atoms with Gasteiger partial charge >= 0.3 is 0 Å². The Morgan fingerprint density at radius 2 is 0.577 bits per heavy atom. The van der Waals surface area contributed by atoms with Crippen LogP contribution in [0.2, 0.25) is 0 Å². The number of hydrogen-bond donors (Lipinski definition) is 0. The van der Waals surface area contributed by atoms with Gasteiger partial charge < -0.3 is 0 Å². The van der Waals surface area contributed by atoms with Crippen LogP contribution in [0.15, 0.2) is 194 Å². The molecule has 0 atom stereocenters. The lowest BCUT2D eigenvalue weighted by molar-refractivity contribution is 1.67. The zero-order valence-electron chi connectivity index (χ0n) is 28.5. The Kier molecular flexibility index (Phi) is 6.35. The van der Waals surface area contributed by atoms with Crippen molar-refractivity contribution in [3.63, 3.8) is 0 Å². The Hall–Kier alpha value is -6.76. The summed E-state index contributed by atoms with van der Waals surface area (Å²) in [4.78, 5) is 0. The molecule has 240 valence electrons. The van der Waals surface area contributed by atoms with Gasteiger partial charge in [-0.2, -0.15) is 0 Å². The highest BCUT2D eigenvalue weighted by atomic mass is 14.2. The maximum atomic E-state index is 2.40. The molecule has 0 fully saturated rings. The van der Waals surface area contributed by atoms with E-state index in [-0.39, 0.29) is 0 Å². The van der Waals surface area contributed by atoms with E-state index in [4.69, 9.17) is 0 Å². The molecule has 0 aliphatic carbocycles. The van der Waals surface area contributed by atoms with E-state index in [9.17, 15) is 0 Å². The van der Waals surface area contributed by atoms with Gasteiger partial charge in [0.05, 0.1) is 0 Å². The second kappa shape index (κ2) is 11.4. The van der Waals surface area contributed by atoms with E-state index in [2.05, 4.69) is 194 Å². The second-order valence-corrected chi connectivity index (χ2v) is 14.0. The molecule has 0 nitrogen and oxygen atoms in total. The van der Waals surface area contributed by atoms with E-state index in [0.717, 1.165) is 0 Å². The molecule has 0 heterocycles. The average Bonchev–Trinajstić information content (AvgIpc) is 3.22. The monoisotopic (exact) mass is 656 g/mol. The topological polar surface area (TPSA) is 0 Å². The van der Waals surface area contributed by atoms with Crippen molar-refractivity contribution in [1.82, 2.24) is 0 Å². The highest BCUT2D eigenvalue weighted by Gasteiger charge is 2.18. The molecule has 0 saturated carbocycles. The number of rotatable bonds is 3. The Bertz CT molecular complexity index is 3180. The predicted octanol–water partition coefficient (Wildman–Crippen LogP) is 14.8. The van der Waals surface area contributed by atoms with Crippen molar-refractivity contribution in [3.8, 4) is 33.4 Å². The summed E-state index contributed by atoms with van der Waals surface area (Å²) in [6, 6.07) is 71.9. The molecular formula is C52H32. The van der Waals surface area contributed by atoms with E-state index in [1.807, 2.05) is 0 Å². The van der Waals surface area contributed by atoms with Gasteiger partial charge in [0.25, 0.3) is 0 Å². The van der Waals surface area contributed by atoms with Gasteiger partial charge in [0, 0.05) is 0 Å². The predicted molar refractivity (Wildman–Crippen MR) is 225 cm³/mol. The van der Waals surface area contributed by atoms with Crippen molar-refractivity contribution in [3.05, 3.63) is 194 Å². The van der Waals surface area contributed by atoms with Crippen molar-refractivity contribution < 1.29 is 0 Å². The first-order chi connectivity index (χ1) is 25.8. The van der Waals surface area contributed by atoms with Crippen LogP contribution in [-0.2, 0) is 0 Å². The van der Waals surface area contributed by atoms with Crippen LogP contribution in [0.4, 0.5) is 0 Å². The van der Waals surface area contributed by atoms with Gasteiger partial charge in [0.2, 0.25) is 0 Å². The Morgan fingerprint density at radius 1 is 0.192 bits per heavy atom. The van der Waals surface area contributed by atoms with Crippen LogP contribution in [0.5, 0.6) is 0 Å². The lowest BCUT2D eigenvalue weighted by atomic mass is 9.85. The van der Waals surface area contributed by atoms with Gasteiger partial charge in [0.1, 0.15) is 0 Å². The molecule has 0 saturated heterocycles. The molecule has 0 N–H and O–H groups in total. The molecule has 0 spiro atoms. The van der Waals surface area contributed by atoms with Crippen molar-refractivity contribution in [2.75, 3.05) is 0 Å². The summed E-state index contributed by atoms with van der Waals surface area (Å²) in [5.41, 5.74) is 7.57. The number of hydrogen-bond acceptors (Lipinski definition) is 0. The van der Waals surface area contributed by atoms with Gasteiger partial charge in [-0.3, -0.25) is 0 Å². The van der Waals surface area contributed by atoms with E-state index >= 15 is 0 Å². The summed E-state index contributed by atoms with van der Waals surface area (Å²) in [6.45, 7) is 0. The van der Waals surface area contributed by atoms with Gasteiger partial charge in [-0.1, -0.05) is 170 Å². The molecule has 0 aliphatic rings. The maximum Gasteiger partial charge on any atom is -0.00261 e. The summed E-state index contributed by atoms with van der Waals surface area (Å²) in [5.74, 6) is 0. The van der Waals surface area contributed by atoms with Crippen LogP contribution in [0.1, 0.15) is 0 Å². The van der Waals surface area contributed by atoms with Crippen LogP contribution in [0, 0.1) is 0 Å². The molecular weight excluding hydrogens is 625 g/mol. The zero-order valence-corrected chi connectivity index (χ0v) is 28.5. The van der Waals surface area contributed by atoms with Gasteiger partial charge in [-0.25, -0.2) is 0 Å². The van der Waals surface area contributed by atoms with Crippen LogP contribution in [-0.4, -0.2) is 0 Å². The molecule has 0 unspecified atom stereocenters. The first kappa shape index (κ1) is 29.0. The molecule has 0 radical (unpaired) electrons. The van der Waals surface area contributed by atoms with Gasteiger partial charge in [-0.15, -0.1) is 0 Å². The van der Waals surface area contributed by atoms with Crippen LogP contribution in [0.3, 0.4) is 0 Å². The van der Waals surface area contributed by atoms with E-state index < -0.39 is 0 Å². The second-order valence-electron chi connectivity index (χ2n) is 14.0. The first-order valence-corrected chi connectivity index (χ1v) is 18.1. The first-order valence-electron chi connectivity index (χ1n) is 18.1. The van der Waals surface area contributed by atoms with Gasteiger partial charge in [0.15, 0.2) is 0 Å². The fourth-order valence-corrected chi connectivity index (χ4v) is 8.77. The summed E-state index contributed by atoms with van der Waals surface area (Å²) in [5, 5.41) is 17.8. The van der Waals surface area contributed by atoms with Crippen molar-refractivity contribution in [1.29, 1.82) is 0 Å². The summed E-state index contributed by atoms with van der Waals surface area (Å²) in [7, 11) is 0.